The van der Waals surface area contributed by atoms with Gasteiger partial charge in [-0.2, -0.15) is 0 Å². The van der Waals surface area contributed by atoms with E-state index in [1.54, 1.807) is 0 Å². The number of aliphatic hydroxyl groups excluding tert-OH is 4. The SMILES string of the molecule is O=C([O-])[C@@H](O)[C@@H](O)[C@H](O)[C@@H](O)C(=O)[O-].[H+].[Li+]. The topological polar surface area (TPSA) is 161 Å². The summed E-state index contributed by atoms with van der Waals surface area (Å²) in [5, 5.41) is 54.7. The van der Waals surface area contributed by atoms with Gasteiger partial charge in [-0.1, -0.05) is 0 Å². The van der Waals surface area contributed by atoms with Crippen LogP contribution in [0.3, 0.4) is 0 Å². The Hall–Kier alpha value is -0.623. The van der Waals surface area contributed by atoms with Crippen molar-refractivity contribution in [1.82, 2.24) is 0 Å². The average Bonchev–Trinajstić information content (AvgIpc) is 2.12. The number of aliphatic carboxylic acids is 2. The van der Waals surface area contributed by atoms with Gasteiger partial charge in [0, 0.05) is 0 Å². The van der Waals surface area contributed by atoms with Crippen LogP contribution in [0, 0.1) is 0 Å². The molecule has 9 heteroatoms. The molecular formula is C6H9LiO8. The molecule has 0 aliphatic carbocycles. The van der Waals surface area contributed by atoms with Crippen molar-refractivity contribution in [3.63, 3.8) is 0 Å². The molecule has 0 aliphatic rings. The Morgan fingerprint density at radius 2 is 1.07 bits per heavy atom. The summed E-state index contributed by atoms with van der Waals surface area (Å²) in [6, 6.07) is 0. The summed E-state index contributed by atoms with van der Waals surface area (Å²) in [7, 11) is 0. The number of carbonyl (C=O) groups is 2. The Bertz CT molecular complexity index is 213. The van der Waals surface area contributed by atoms with Crippen molar-refractivity contribution < 1.29 is 60.5 Å². The molecule has 0 saturated heterocycles. The Morgan fingerprint density at radius 1 is 0.867 bits per heavy atom. The Balaban J connectivity index is -0.000000845. The zero-order chi connectivity index (χ0) is 11.5. The molecule has 0 aromatic heterocycles. The molecule has 0 radical (unpaired) electrons. The zero-order valence-corrected chi connectivity index (χ0v) is 7.73. The van der Waals surface area contributed by atoms with Crippen molar-refractivity contribution >= 4 is 11.9 Å². The standard InChI is InChI=1S/C6H10O8.Li/c7-1(3(9)5(11)12)2(8)4(10)6(13)14;/h1-4,7-10H,(H,11,12)(H,13,14);/q;+1/p-1/t1-,2-,3-,4+;/m0./s1. The summed E-state index contributed by atoms with van der Waals surface area (Å²) >= 11 is 0. The van der Waals surface area contributed by atoms with Gasteiger partial charge in [0.1, 0.15) is 24.4 Å². The molecule has 0 aromatic carbocycles. The number of aliphatic hydroxyl groups is 4. The summed E-state index contributed by atoms with van der Waals surface area (Å²) in [4.78, 5) is 19.9. The largest absolute Gasteiger partial charge is 1.00 e. The summed E-state index contributed by atoms with van der Waals surface area (Å²) < 4.78 is 0. The van der Waals surface area contributed by atoms with Crippen LogP contribution in [0.25, 0.3) is 0 Å². The summed E-state index contributed by atoms with van der Waals surface area (Å²) in [6.07, 6.45) is -9.76. The normalized spacial score (nSPS) is 18.1. The van der Waals surface area contributed by atoms with Crippen LogP contribution in [0.1, 0.15) is 1.43 Å². The van der Waals surface area contributed by atoms with Crippen LogP contribution in [0.4, 0.5) is 0 Å². The van der Waals surface area contributed by atoms with Gasteiger partial charge >= 0.3 is 20.3 Å². The number of hydrogen-bond donors (Lipinski definition) is 4. The first-order valence-electron chi connectivity index (χ1n) is 3.43. The van der Waals surface area contributed by atoms with Gasteiger partial charge in [-0.15, -0.1) is 0 Å². The van der Waals surface area contributed by atoms with E-state index in [0.29, 0.717) is 0 Å². The molecule has 0 rings (SSSR count). The summed E-state index contributed by atoms with van der Waals surface area (Å²) in [5.41, 5.74) is 0. The first-order valence-corrected chi connectivity index (χ1v) is 3.43. The van der Waals surface area contributed by atoms with Gasteiger partial charge in [-0.3, -0.25) is 0 Å². The Kier molecular flexibility index (Phi) is 7.60. The minimum Gasteiger partial charge on any atom is -0.547 e. The van der Waals surface area contributed by atoms with E-state index < -0.39 is 36.4 Å². The molecule has 82 valence electrons. The molecule has 0 fully saturated rings. The second-order valence-corrected chi connectivity index (χ2v) is 2.51. The van der Waals surface area contributed by atoms with Gasteiger partial charge in [-0.05, 0) is 0 Å². The number of hydrogen-bond acceptors (Lipinski definition) is 8. The number of carbonyl (C=O) groups excluding carboxylic acids is 2. The van der Waals surface area contributed by atoms with Crippen LogP contribution in [-0.2, 0) is 9.59 Å². The molecule has 4 N–H and O–H groups in total. The fourth-order valence-corrected chi connectivity index (χ4v) is 0.652. The van der Waals surface area contributed by atoms with Crippen molar-refractivity contribution in [3.05, 3.63) is 0 Å². The molecule has 0 saturated carbocycles. The first kappa shape index (κ1) is 16.8. The van der Waals surface area contributed by atoms with E-state index in [0.717, 1.165) is 0 Å². The molecule has 0 amide bonds. The van der Waals surface area contributed by atoms with E-state index >= 15 is 0 Å². The van der Waals surface area contributed by atoms with E-state index in [9.17, 15) is 19.8 Å². The van der Waals surface area contributed by atoms with Crippen LogP contribution in [-0.4, -0.2) is 56.8 Å². The summed E-state index contributed by atoms with van der Waals surface area (Å²) in [5.74, 6) is -4.22. The number of carboxylic acid groups (broad SMARTS) is 2. The molecule has 4 atom stereocenters. The fourth-order valence-electron chi connectivity index (χ4n) is 0.652. The second-order valence-electron chi connectivity index (χ2n) is 2.51. The van der Waals surface area contributed by atoms with Crippen molar-refractivity contribution in [2.45, 2.75) is 24.4 Å². The molecule has 8 nitrogen and oxygen atoms in total. The van der Waals surface area contributed by atoms with E-state index in [2.05, 4.69) is 0 Å². The molecule has 0 heterocycles. The third-order valence-electron chi connectivity index (χ3n) is 1.48. The minimum absolute atomic E-state index is 0. The van der Waals surface area contributed by atoms with E-state index in [-0.39, 0.29) is 20.3 Å². The van der Waals surface area contributed by atoms with Gasteiger partial charge in [-0.25, -0.2) is 0 Å². The molecule has 15 heavy (non-hydrogen) atoms. The molecule has 0 spiro atoms. The minimum atomic E-state index is -2.50. The molecule has 0 bridgehead atoms. The van der Waals surface area contributed by atoms with E-state index in [1.165, 1.54) is 0 Å². The van der Waals surface area contributed by atoms with Gasteiger partial charge in [0.25, 0.3) is 0 Å². The van der Waals surface area contributed by atoms with Crippen molar-refractivity contribution in [2.75, 3.05) is 0 Å². The maximum Gasteiger partial charge on any atom is 1.00 e. The molecule has 0 aliphatic heterocycles. The van der Waals surface area contributed by atoms with Crippen LogP contribution in [0.15, 0.2) is 0 Å². The first-order chi connectivity index (χ1) is 6.29. The Labute approximate surface area is 97.4 Å². The van der Waals surface area contributed by atoms with E-state index in [1.807, 2.05) is 0 Å². The molecule has 0 aromatic rings. The van der Waals surface area contributed by atoms with Crippen molar-refractivity contribution in [2.24, 2.45) is 0 Å². The second kappa shape index (κ2) is 6.79. The molecule has 0 unspecified atom stereocenters. The van der Waals surface area contributed by atoms with Gasteiger partial charge in [0.2, 0.25) is 0 Å². The maximum absolute atomic E-state index is 9.96. The van der Waals surface area contributed by atoms with Crippen LogP contribution < -0.4 is 29.1 Å². The van der Waals surface area contributed by atoms with Crippen LogP contribution in [0.2, 0.25) is 0 Å². The fraction of sp³-hybridized carbons (Fsp3) is 0.667. The van der Waals surface area contributed by atoms with Crippen molar-refractivity contribution in [3.8, 4) is 0 Å². The van der Waals surface area contributed by atoms with E-state index in [4.69, 9.17) is 20.4 Å². The van der Waals surface area contributed by atoms with Crippen LogP contribution >= 0.6 is 0 Å². The monoisotopic (exact) mass is 216 g/mol. The van der Waals surface area contributed by atoms with Gasteiger partial charge in [0.15, 0.2) is 0 Å². The average molecular weight is 216 g/mol. The maximum atomic E-state index is 9.96. The van der Waals surface area contributed by atoms with Crippen LogP contribution in [0.5, 0.6) is 0 Å². The van der Waals surface area contributed by atoms with Gasteiger partial charge < -0.3 is 40.2 Å². The predicted molar refractivity (Wildman–Crippen MR) is 35.2 cm³/mol. The quantitative estimate of drug-likeness (QED) is 0.329. The smallest absolute Gasteiger partial charge is 0.547 e. The third-order valence-corrected chi connectivity index (χ3v) is 1.48. The molecular weight excluding hydrogens is 207 g/mol. The van der Waals surface area contributed by atoms with Crippen molar-refractivity contribution in [1.29, 1.82) is 0 Å². The Morgan fingerprint density at radius 3 is 1.20 bits per heavy atom. The predicted octanol–water partition coefficient (Wildman–Crippen LogP) is -8.95. The number of rotatable bonds is 5. The third kappa shape index (κ3) is 4.61. The summed E-state index contributed by atoms with van der Waals surface area (Å²) in [6.45, 7) is 0. The number of carboxylic acids is 2. The zero-order valence-electron chi connectivity index (χ0n) is 8.73. The van der Waals surface area contributed by atoms with Gasteiger partial charge in [0.05, 0.1) is 11.9 Å².